The number of nitriles is 1. The molecular formula is C11H9FN4. The Hall–Kier alpha value is -2.22. The van der Waals surface area contributed by atoms with E-state index in [0.29, 0.717) is 11.3 Å². The van der Waals surface area contributed by atoms with Gasteiger partial charge >= 0.3 is 0 Å². The van der Waals surface area contributed by atoms with E-state index in [4.69, 9.17) is 5.26 Å². The van der Waals surface area contributed by atoms with Gasteiger partial charge in [0.2, 0.25) is 0 Å². The standard InChI is InChI=1S/C11H9FN4/c12-3-6-16-8-10(7-13)11(15-16)9-1-4-14-5-2-9/h1-2,4-5,8H,3,6H2. The second-order valence-electron chi connectivity index (χ2n) is 3.19. The molecule has 4 nitrogen and oxygen atoms in total. The quantitative estimate of drug-likeness (QED) is 0.785. The van der Waals surface area contributed by atoms with E-state index in [0.717, 1.165) is 5.56 Å². The van der Waals surface area contributed by atoms with Crippen molar-refractivity contribution in [3.05, 3.63) is 36.3 Å². The summed E-state index contributed by atoms with van der Waals surface area (Å²) in [6.45, 7) is -0.331. The highest BCUT2D eigenvalue weighted by atomic mass is 19.1. The molecule has 2 aromatic rings. The first-order chi connectivity index (χ1) is 7.85. The Bertz CT molecular complexity index is 513. The van der Waals surface area contributed by atoms with Crippen molar-refractivity contribution in [1.82, 2.24) is 14.8 Å². The van der Waals surface area contributed by atoms with E-state index >= 15 is 0 Å². The monoisotopic (exact) mass is 216 g/mol. The van der Waals surface area contributed by atoms with Crippen LogP contribution in [0.2, 0.25) is 0 Å². The van der Waals surface area contributed by atoms with Gasteiger partial charge in [0.15, 0.2) is 0 Å². The Morgan fingerprint density at radius 1 is 1.38 bits per heavy atom. The molecule has 0 aliphatic rings. The van der Waals surface area contributed by atoms with Crippen LogP contribution in [0.1, 0.15) is 5.56 Å². The summed E-state index contributed by atoms with van der Waals surface area (Å²) in [6, 6.07) is 5.58. The second-order valence-corrected chi connectivity index (χ2v) is 3.19. The van der Waals surface area contributed by atoms with E-state index in [2.05, 4.69) is 10.1 Å². The Balaban J connectivity index is 2.45. The zero-order chi connectivity index (χ0) is 11.4. The summed E-state index contributed by atoms with van der Waals surface area (Å²) in [7, 11) is 0. The summed E-state index contributed by atoms with van der Waals surface area (Å²) in [4.78, 5) is 3.89. The number of rotatable bonds is 3. The molecule has 0 aliphatic heterocycles. The molecule has 5 heteroatoms. The maximum absolute atomic E-state index is 12.2. The van der Waals surface area contributed by atoms with Crippen LogP contribution in [0.15, 0.2) is 30.7 Å². The van der Waals surface area contributed by atoms with Crippen molar-refractivity contribution in [2.75, 3.05) is 6.67 Å². The molecule has 0 saturated heterocycles. The normalized spacial score (nSPS) is 10.0. The lowest BCUT2D eigenvalue weighted by atomic mass is 10.1. The predicted molar refractivity (Wildman–Crippen MR) is 56.1 cm³/mol. The summed E-state index contributed by atoms with van der Waals surface area (Å²) in [5.41, 5.74) is 1.82. The maximum Gasteiger partial charge on any atom is 0.110 e. The Morgan fingerprint density at radius 2 is 2.12 bits per heavy atom. The van der Waals surface area contributed by atoms with Gasteiger partial charge in [-0.15, -0.1) is 0 Å². The third-order valence-electron chi connectivity index (χ3n) is 2.15. The number of nitrogens with zero attached hydrogens (tertiary/aromatic N) is 4. The molecule has 0 aromatic carbocycles. The van der Waals surface area contributed by atoms with Gasteiger partial charge in [0.05, 0.1) is 12.1 Å². The fourth-order valence-electron chi connectivity index (χ4n) is 1.43. The smallest absolute Gasteiger partial charge is 0.110 e. The lowest BCUT2D eigenvalue weighted by Crippen LogP contribution is -1.99. The third-order valence-corrected chi connectivity index (χ3v) is 2.15. The minimum absolute atomic E-state index is 0.166. The van der Waals surface area contributed by atoms with Crippen molar-refractivity contribution in [2.45, 2.75) is 6.54 Å². The summed E-state index contributed by atoms with van der Waals surface area (Å²) in [6.07, 6.45) is 4.81. The van der Waals surface area contributed by atoms with Gasteiger partial charge < -0.3 is 0 Å². The van der Waals surface area contributed by atoms with Gasteiger partial charge in [-0.3, -0.25) is 9.67 Å². The lowest BCUT2D eigenvalue weighted by molar-refractivity contribution is 0.427. The minimum Gasteiger partial charge on any atom is -0.268 e. The molecule has 0 atom stereocenters. The summed E-state index contributed by atoms with van der Waals surface area (Å²) in [5.74, 6) is 0. The molecule has 0 bridgehead atoms. The Labute approximate surface area is 92.0 Å². The zero-order valence-electron chi connectivity index (χ0n) is 8.47. The van der Waals surface area contributed by atoms with E-state index in [1.807, 2.05) is 6.07 Å². The Morgan fingerprint density at radius 3 is 2.75 bits per heavy atom. The van der Waals surface area contributed by atoms with Gasteiger partial charge in [0, 0.05) is 24.2 Å². The van der Waals surface area contributed by atoms with Crippen molar-refractivity contribution >= 4 is 0 Å². The van der Waals surface area contributed by atoms with Crippen LogP contribution in [0.4, 0.5) is 4.39 Å². The fraction of sp³-hybridized carbons (Fsp3) is 0.182. The van der Waals surface area contributed by atoms with Crippen LogP contribution in [0, 0.1) is 11.3 Å². The van der Waals surface area contributed by atoms with Gasteiger partial charge in [-0.05, 0) is 12.1 Å². The number of hydrogen-bond acceptors (Lipinski definition) is 3. The second kappa shape index (κ2) is 4.53. The van der Waals surface area contributed by atoms with Crippen molar-refractivity contribution in [3.8, 4) is 17.3 Å². The molecule has 0 radical (unpaired) electrons. The molecule has 0 saturated carbocycles. The lowest BCUT2D eigenvalue weighted by Gasteiger charge is -1.96. The molecule has 0 spiro atoms. The van der Waals surface area contributed by atoms with Crippen LogP contribution in [-0.4, -0.2) is 21.4 Å². The molecular weight excluding hydrogens is 207 g/mol. The van der Waals surface area contributed by atoms with Crippen molar-refractivity contribution < 1.29 is 4.39 Å². The van der Waals surface area contributed by atoms with Crippen LogP contribution in [0.5, 0.6) is 0 Å². The number of hydrogen-bond donors (Lipinski definition) is 0. The highest BCUT2D eigenvalue weighted by Gasteiger charge is 2.10. The first-order valence-electron chi connectivity index (χ1n) is 4.79. The molecule has 0 fully saturated rings. The topological polar surface area (TPSA) is 54.5 Å². The Kier molecular flexibility index (Phi) is 2.92. The molecule has 2 heterocycles. The molecule has 0 unspecified atom stereocenters. The first-order valence-corrected chi connectivity index (χ1v) is 4.79. The van der Waals surface area contributed by atoms with E-state index in [1.54, 1.807) is 30.7 Å². The van der Waals surface area contributed by atoms with E-state index in [1.165, 1.54) is 4.68 Å². The molecule has 0 amide bonds. The van der Waals surface area contributed by atoms with Crippen molar-refractivity contribution in [1.29, 1.82) is 5.26 Å². The van der Waals surface area contributed by atoms with Gasteiger partial charge in [-0.1, -0.05) is 0 Å². The van der Waals surface area contributed by atoms with Crippen LogP contribution in [0.25, 0.3) is 11.3 Å². The van der Waals surface area contributed by atoms with Crippen LogP contribution >= 0.6 is 0 Å². The average molecular weight is 216 g/mol. The molecule has 0 aliphatic carbocycles. The van der Waals surface area contributed by atoms with Crippen molar-refractivity contribution in [2.24, 2.45) is 0 Å². The summed E-state index contributed by atoms with van der Waals surface area (Å²) >= 11 is 0. The third kappa shape index (κ3) is 1.91. The molecule has 16 heavy (non-hydrogen) atoms. The first kappa shape index (κ1) is 10.3. The number of halogens is 1. The van der Waals surface area contributed by atoms with Gasteiger partial charge in [-0.2, -0.15) is 10.4 Å². The van der Waals surface area contributed by atoms with Crippen LogP contribution in [0.3, 0.4) is 0 Å². The van der Waals surface area contributed by atoms with Gasteiger partial charge in [0.1, 0.15) is 18.4 Å². The van der Waals surface area contributed by atoms with Crippen molar-refractivity contribution in [3.63, 3.8) is 0 Å². The number of aryl methyl sites for hydroxylation is 1. The van der Waals surface area contributed by atoms with E-state index < -0.39 is 6.67 Å². The number of aromatic nitrogens is 3. The predicted octanol–water partition coefficient (Wildman–Crippen LogP) is 1.79. The molecule has 80 valence electrons. The molecule has 2 rings (SSSR count). The SMILES string of the molecule is N#Cc1cn(CCF)nc1-c1ccncc1. The zero-order valence-corrected chi connectivity index (χ0v) is 8.47. The van der Waals surface area contributed by atoms with Gasteiger partial charge in [0.25, 0.3) is 0 Å². The summed E-state index contributed by atoms with van der Waals surface area (Å²) < 4.78 is 13.6. The number of pyridine rings is 1. The molecule has 2 aromatic heterocycles. The fourth-order valence-corrected chi connectivity index (χ4v) is 1.43. The van der Waals surface area contributed by atoms with Crippen LogP contribution in [-0.2, 0) is 6.54 Å². The van der Waals surface area contributed by atoms with E-state index in [-0.39, 0.29) is 6.54 Å². The largest absolute Gasteiger partial charge is 0.268 e. The van der Waals surface area contributed by atoms with Gasteiger partial charge in [-0.25, -0.2) is 4.39 Å². The average Bonchev–Trinajstić information content (AvgIpc) is 2.74. The summed E-state index contributed by atoms with van der Waals surface area (Å²) in [5, 5.41) is 13.1. The highest BCUT2D eigenvalue weighted by Crippen LogP contribution is 2.20. The minimum atomic E-state index is -0.498. The highest BCUT2D eigenvalue weighted by molar-refractivity contribution is 5.65. The number of alkyl halides is 1. The molecule has 0 N–H and O–H groups in total. The maximum atomic E-state index is 12.2. The van der Waals surface area contributed by atoms with Crippen LogP contribution < -0.4 is 0 Å². The van der Waals surface area contributed by atoms with E-state index in [9.17, 15) is 4.39 Å².